The maximum atomic E-state index is 11.9. The molecule has 0 atom stereocenters. The molecule has 2 N–H and O–H groups in total. The van der Waals surface area contributed by atoms with Crippen LogP contribution in [0.4, 0.5) is 0 Å². The van der Waals surface area contributed by atoms with Crippen LogP contribution in [0, 0.1) is 0 Å². The van der Waals surface area contributed by atoms with Crippen molar-refractivity contribution in [3.8, 4) is 0 Å². The zero-order valence-electron chi connectivity index (χ0n) is 9.23. The van der Waals surface area contributed by atoms with Gasteiger partial charge in [-0.05, 0) is 0 Å². The summed E-state index contributed by atoms with van der Waals surface area (Å²) in [5.41, 5.74) is 0. The fraction of sp³-hybridized carbons (Fsp3) is 0. The molecule has 0 aromatic heterocycles. The molecule has 2 rings (SSSR count). The van der Waals surface area contributed by atoms with Gasteiger partial charge in [0.2, 0.25) is 0 Å². The average molecular weight is 463 g/mol. The van der Waals surface area contributed by atoms with E-state index in [0.29, 0.717) is 8.15 Å². The number of rotatable bonds is 3. The first-order valence-corrected chi connectivity index (χ1v) is 15.1. The number of hydrogen-bond donors (Lipinski definition) is 2. The topological polar surface area (TPSA) is 57.5 Å². The second-order valence-corrected chi connectivity index (χ2v) is 22.4. The van der Waals surface area contributed by atoms with Gasteiger partial charge in [-0.3, -0.25) is 0 Å². The van der Waals surface area contributed by atoms with Crippen LogP contribution in [0.3, 0.4) is 0 Å². The summed E-state index contributed by atoms with van der Waals surface area (Å²) in [5, 5.41) is 0. The van der Waals surface area contributed by atoms with Crippen LogP contribution in [0.2, 0.25) is 0 Å². The van der Waals surface area contributed by atoms with Gasteiger partial charge in [0.25, 0.3) is 0 Å². The molecule has 0 spiro atoms. The molecule has 99 valence electrons. The van der Waals surface area contributed by atoms with Crippen molar-refractivity contribution in [2.24, 2.45) is 0 Å². The molecule has 0 aliphatic rings. The quantitative estimate of drug-likeness (QED) is 0.686. The van der Waals surface area contributed by atoms with Crippen LogP contribution in [0.5, 0.6) is 0 Å². The Balaban J connectivity index is 2.67. The van der Waals surface area contributed by atoms with E-state index in [4.69, 9.17) is 9.58 Å². The number of halogens is 1. The third-order valence-corrected chi connectivity index (χ3v) is 22.6. The summed E-state index contributed by atoms with van der Waals surface area (Å²) in [5.74, 6) is -4.38. The Bertz CT molecular complexity index is 531. The van der Waals surface area contributed by atoms with Crippen molar-refractivity contribution in [2.45, 2.75) is 0 Å². The SMILES string of the molecule is O=[P](O)(O)[Ir]([Cl])([c]1ccccc1)[c]1ccccc1. The summed E-state index contributed by atoms with van der Waals surface area (Å²) in [4.78, 5) is 19.4. The molecule has 18 heavy (non-hydrogen) atoms. The Kier molecular flexibility index (Phi) is 4.08. The molecule has 3 nitrogen and oxygen atoms in total. The number of benzene rings is 2. The maximum absolute atomic E-state index is 11.9. The third-order valence-electron chi connectivity index (χ3n) is 2.21. The Morgan fingerprint density at radius 1 is 0.833 bits per heavy atom. The molecule has 0 heterocycles. The molecule has 0 bridgehead atoms. The number of hydrogen-bond acceptors (Lipinski definition) is 1. The molecule has 0 saturated heterocycles. The molecular weight excluding hydrogens is 451 g/mol. The van der Waals surface area contributed by atoms with Crippen molar-refractivity contribution < 1.29 is 28.1 Å². The van der Waals surface area contributed by atoms with E-state index in [0.717, 1.165) is 0 Å². The normalized spacial score (nSPS) is 13.3. The minimum atomic E-state index is -4.38. The van der Waals surface area contributed by atoms with Crippen LogP contribution in [0.15, 0.2) is 60.7 Å². The van der Waals surface area contributed by atoms with Crippen molar-refractivity contribution in [1.82, 2.24) is 0 Å². The van der Waals surface area contributed by atoms with Gasteiger partial charge in [-0.1, -0.05) is 0 Å². The molecule has 0 radical (unpaired) electrons. The van der Waals surface area contributed by atoms with Gasteiger partial charge in [0, 0.05) is 0 Å². The van der Waals surface area contributed by atoms with Gasteiger partial charge in [-0.25, -0.2) is 0 Å². The van der Waals surface area contributed by atoms with E-state index in [9.17, 15) is 14.4 Å². The van der Waals surface area contributed by atoms with Gasteiger partial charge in [-0.15, -0.1) is 0 Å². The van der Waals surface area contributed by atoms with Gasteiger partial charge in [0.15, 0.2) is 0 Å². The van der Waals surface area contributed by atoms with Crippen molar-refractivity contribution in [3.63, 3.8) is 0 Å². The van der Waals surface area contributed by atoms with E-state index in [1.165, 1.54) is 0 Å². The molecule has 6 heteroatoms. The fourth-order valence-electron chi connectivity index (χ4n) is 1.44. The summed E-state index contributed by atoms with van der Waals surface area (Å²) in [7, 11) is 6.49. The molecule has 0 amide bonds. The molecule has 0 saturated carbocycles. The molecule has 0 aliphatic heterocycles. The first-order valence-electron chi connectivity index (χ1n) is 5.01. The predicted octanol–water partition coefficient (Wildman–Crippen LogP) is 2.04. The molecule has 2 aromatic rings. The first kappa shape index (κ1) is 13.9. The van der Waals surface area contributed by atoms with Gasteiger partial charge >= 0.3 is 112 Å². The second-order valence-electron chi connectivity index (χ2n) is 3.40. The minimum absolute atomic E-state index is 0.568. The molecule has 0 unspecified atom stereocenters. The summed E-state index contributed by atoms with van der Waals surface area (Å²) in [6, 6.07) is 17.4. The molecule has 2 aromatic carbocycles. The van der Waals surface area contributed by atoms with Gasteiger partial charge in [0.1, 0.15) is 0 Å². The molecule has 0 fully saturated rings. The van der Waals surface area contributed by atoms with E-state index in [2.05, 4.69) is 0 Å². The summed E-state index contributed by atoms with van der Waals surface area (Å²) in [6.07, 6.45) is 0. The van der Waals surface area contributed by atoms with E-state index < -0.39 is 19.6 Å². The monoisotopic (exact) mass is 463 g/mol. The zero-order chi connectivity index (χ0) is 13.2. The summed E-state index contributed by atoms with van der Waals surface area (Å²) < 4.78 is 13.0. The van der Waals surface area contributed by atoms with Crippen molar-refractivity contribution in [2.75, 3.05) is 0 Å². The molecule has 0 aliphatic carbocycles. The Labute approximate surface area is 112 Å². The van der Waals surface area contributed by atoms with Crippen LogP contribution < -0.4 is 8.15 Å². The van der Waals surface area contributed by atoms with Crippen LogP contribution in [-0.4, -0.2) is 9.79 Å². The van der Waals surface area contributed by atoms with E-state index in [1.807, 2.05) is 0 Å². The van der Waals surface area contributed by atoms with Crippen molar-refractivity contribution >= 4 is 23.6 Å². The van der Waals surface area contributed by atoms with Crippen molar-refractivity contribution in [1.29, 1.82) is 0 Å². The average Bonchev–Trinajstić information content (AvgIpc) is 2.38. The van der Waals surface area contributed by atoms with Crippen LogP contribution in [0.1, 0.15) is 0 Å². The van der Waals surface area contributed by atoms with Crippen molar-refractivity contribution in [3.05, 3.63) is 60.7 Å². The van der Waals surface area contributed by atoms with Gasteiger partial charge in [-0.2, -0.15) is 0 Å². The third kappa shape index (κ3) is 2.46. The van der Waals surface area contributed by atoms with E-state index in [-0.39, 0.29) is 0 Å². The first-order chi connectivity index (χ1) is 8.46. The van der Waals surface area contributed by atoms with Crippen LogP contribution >= 0.6 is 15.4 Å². The zero-order valence-corrected chi connectivity index (χ0v) is 13.3. The van der Waals surface area contributed by atoms with Gasteiger partial charge < -0.3 is 0 Å². The Hall–Kier alpha value is -0.471. The van der Waals surface area contributed by atoms with E-state index in [1.54, 1.807) is 60.7 Å². The second kappa shape index (κ2) is 5.26. The summed E-state index contributed by atoms with van der Waals surface area (Å²) in [6.45, 7) is 0. The standard InChI is InChI=1S/2C6H5.ClH.Ir.HO3P/c2*1-2-4-6-5-3-1;;;1-4(2)3/h2*1-5H;1H;;(H-,1,2,3). The van der Waals surface area contributed by atoms with E-state index >= 15 is 0 Å². The fourth-order valence-corrected chi connectivity index (χ4v) is 13.6. The van der Waals surface area contributed by atoms with Crippen LogP contribution in [-0.2, 0) is 18.3 Å². The van der Waals surface area contributed by atoms with Crippen LogP contribution in [0.25, 0.3) is 0 Å². The summed E-state index contributed by atoms with van der Waals surface area (Å²) >= 11 is -4.17. The Morgan fingerprint density at radius 3 is 1.44 bits per heavy atom. The Morgan fingerprint density at radius 2 is 1.17 bits per heavy atom. The molecular formula is C12H12ClIrO3P. The van der Waals surface area contributed by atoms with Gasteiger partial charge in [0.05, 0.1) is 0 Å². The predicted molar refractivity (Wildman–Crippen MR) is 70.0 cm³/mol.